The molecule has 33 heavy (non-hydrogen) atoms. The van der Waals surface area contributed by atoms with Crippen LogP contribution in [-0.4, -0.2) is 25.6 Å². The molecule has 2 aliphatic rings. The Morgan fingerprint density at radius 1 is 0.939 bits per heavy atom. The first-order valence-electron chi connectivity index (χ1n) is 10.8. The van der Waals surface area contributed by atoms with Crippen molar-refractivity contribution in [3.8, 4) is 11.5 Å². The van der Waals surface area contributed by atoms with E-state index in [1.807, 2.05) is 78.9 Å². The van der Waals surface area contributed by atoms with E-state index >= 15 is 0 Å². The van der Waals surface area contributed by atoms with Crippen molar-refractivity contribution in [2.24, 2.45) is 0 Å². The van der Waals surface area contributed by atoms with Crippen LogP contribution >= 0.6 is 0 Å². The second-order valence-corrected chi connectivity index (χ2v) is 7.94. The van der Waals surface area contributed by atoms with Gasteiger partial charge in [-0.15, -0.1) is 0 Å². The number of nitrogens with zero attached hydrogens (tertiary/aromatic N) is 1. The molecule has 2 aliphatic heterocycles. The maximum atomic E-state index is 13.2. The van der Waals surface area contributed by atoms with E-state index in [1.54, 1.807) is 12.0 Å². The number of rotatable bonds is 6. The molecule has 0 saturated heterocycles. The van der Waals surface area contributed by atoms with Crippen molar-refractivity contribution in [2.75, 3.05) is 18.6 Å². The van der Waals surface area contributed by atoms with Crippen LogP contribution in [0.3, 0.4) is 0 Å². The van der Waals surface area contributed by atoms with Crippen molar-refractivity contribution in [1.29, 1.82) is 0 Å². The van der Waals surface area contributed by atoms with Crippen LogP contribution in [0.4, 0.5) is 5.69 Å². The molecule has 3 aromatic carbocycles. The number of methoxy groups -OCH3 is 1. The van der Waals surface area contributed by atoms with Gasteiger partial charge in [-0.25, -0.2) is 4.79 Å². The van der Waals surface area contributed by atoms with Crippen LogP contribution in [0.5, 0.6) is 11.5 Å². The lowest BCUT2D eigenvalue weighted by Crippen LogP contribution is -2.37. The van der Waals surface area contributed by atoms with Gasteiger partial charge in [-0.05, 0) is 35.4 Å². The van der Waals surface area contributed by atoms with E-state index in [9.17, 15) is 9.59 Å². The quantitative estimate of drug-likeness (QED) is 0.523. The molecule has 0 bridgehead atoms. The monoisotopic (exact) mass is 441 g/mol. The first kappa shape index (κ1) is 20.8. The summed E-state index contributed by atoms with van der Waals surface area (Å²) in [5.74, 6) is 0.286. The van der Waals surface area contributed by atoms with Gasteiger partial charge in [0.25, 0.3) is 0 Å². The van der Waals surface area contributed by atoms with Crippen molar-refractivity contribution in [3.05, 3.63) is 101 Å². The summed E-state index contributed by atoms with van der Waals surface area (Å²) in [4.78, 5) is 27.5. The molecule has 3 aromatic rings. The van der Waals surface area contributed by atoms with E-state index in [0.29, 0.717) is 29.4 Å². The molecule has 2 heterocycles. The number of cyclic esters (lactones) is 1. The summed E-state index contributed by atoms with van der Waals surface area (Å²) in [5, 5.41) is 0. The molecule has 0 aliphatic carbocycles. The predicted octanol–water partition coefficient (Wildman–Crippen LogP) is 4.61. The van der Waals surface area contributed by atoms with Gasteiger partial charge in [0.15, 0.2) is 11.5 Å². The second kappa shape index (κ2) is 8.82. The highest BCUT2D eigenvalue weighted by atomic mass is 16.5. The van der Waals surface area contributed by atoms with E-state index in [0.717, 1.165) is 16.8 Å². The number of carbonyl (C=O) groups is 2. The molecule has 166 valence electrons. The van der Waals surface area contributed by atoms with E-state index in [-0.39, 0.29) is 24.9 Å². The Balaban J connectivity index is 1.47. The fraction of sp³-hybridized carbons (Fsp3) is 0.185. The Hall–Kier alpha value is -4.06. The van der Waals surface area contributed by atoms with E-state index in [4.69, 9.17) is 14.2 Å². The van der Waals surface area contributed by atoms with Gasteiger partial charge < -0.3 is 14.2 Å². The Morgan fingerprint density at radius 2 is 1.67 bits per heavy atom. The van der Waals surface area contributed by atoms with Gasteiger partial charge in [-0.3, -0.25) is 9.69 Å². The number of anilines is 1. The average Bonchev–Trinajstić information content (AvgIpc) is 3.24. The summed E-state index contributed by atoms with van der Waals surface area (Å²) < 4.78 is 16.9. The minimum atomic E-state index is -0.403. The van der Waals surface area contributed by atoms with Crippen LogP contribution in [0, 0.1) is 0 Å². The fourth-order valence-electron chi connectivity index (χ4n) is 4.37. The van der Waals surface area contributed by atoms with Crippen LogP contribution < -0.4 is 14.4 Å². The molecule has 1 atom stereocenters. The van der Waals surface area contributed by atoms with Crippen molar-refractivity contribution >= 4 is 17.6 Å². The molecule has 0 unspecified atom stereocenters. The number of hydrogen-bond acceptors (Lipinski definition) is 5. The molecule has 6 heteroatoms. The standard InChI is InChI=1S/C27H23NO5/c1-31-24-14-19(12-13-23(24)32-16-18-8-4-2-5-9-18)21-15-25(29)28(20-10-6-3-7-11-20)22-17-33-27(30)26(21)22/h2-14,21H,15-17H2,1H3/t21-/m0/s1. The largest absolute Gasteiger partial charge is 0.493 e. The molecule has 0 spiro atoms. The zero-order valence-electron chi connectivity index (χ0n) is 18.2. The van der Waals surface area contributed by atoms with Crippen molar-refractivity contribution in [3.63, 3.8) is 0 Å². The van der Waals surface area contributed by atoms with Crippen LogP contribution in [-0.2, 0) is 20.9 Å². The lowest BCUT2D eigenvalue weighted by atomic mass is 9.84. The number of carbonyl (C=O) groups excluding carboxylic acids is 2. The molecule has 0 saturated carbocycles. The topological polar surface area (TPSA) is 65.1 Å². The van der Waals surface area contributed by atoms with E-state index in [2.05, 4.69) is 0 Å². The third kappa shape index (κ3) is 3.96. The highest BCUT2D eigenvalue weighted by Crippen LogP contribution is 2.43. The molecule has 0 aromatic heterocycles. The van der Waals surface area contributed by atoms with Crippen LogP contribution in [0.1, 0.15) is 23.5 Å². The Kier molecular flexibility index (Phi) is 5.57. The summed E-state index contributed by atoms with van der Waals surface area (Å²) in [6, 6.07) is 24.7. The van der Waals surface area contributed by atoms with Crippen LogP contribution in [0.2, 0.25) is 0 Å². The van der Waals surface area contributed by atoms with Crippen LogP contribution in [0.15, 0.2) is 90.1 Å². The van der Waals surface area contributed by atoms with Gasteiger partial charge in [0, 0.05) is 18.0 Å². The maximum absolute atomic E-state index is 13.2. The molecule has 0 radical (unpaired) electrons. The molecule has 5 rings (SSSR count). The Morgan fingerprint density at radius 3 is 2.39 bits per heavy atom. The molecule has 0 N–H and O–H groups in total. The first-order valence-corrected chi connectivity index (χ1v) is 10.8. The van der Waals surface area contributed by atoms with Crippen molar-refractivity contribution in [1.82, 2.24) is 0 Å². The number of esters is 1. The lowest BCUT2D eigenvalue weighted by molar-refractivity contribution is -0.136. The highest BCUT2D eigenvalue weighted by Gasteiger charge is 2.43. The fourth-order valence-corrected chi connectivity index (χ4v) is 4.37. The van der Waals surface area contributed by atoms with Gasteiger partial charge in [-0.2, -0.15) is 0 Å². The minimum absolute atomic E-state index is 0.0772. The van der Waals surface area contributed by atoms with Gasteiger partial charge >= 0.3 is 5.97 Å². The zero-order valence-corrected chi connectivity index (χ0v) is 18.2. The number of hydrogen-bond donors (Lipinski definition) is 0. The molecule has 0 fully saturated rings. The number of amides is 1. The Bertz CT molecular complexity index is 1220. The van der Waals surface area contributed by atoms with Crippen LogP contribution in [0.25, 0.3) is 0 Å². The second-order valence-electron chi connectivity index (χ2n) is 7.94. The predicted molar refractivity (Wildman–Crippen MR) is 123 cm³/mol. The smallest absolute Gasteiger partial charge is 0.336 e. The highest BCUT2D eigenvalue weighted by molar-refractivity contribution is 6.06. The SMILES string of the molecule is COc1cc([C@@H]2CC(=O)N(c3ccccc3)C3=C2C(=O)OC3)ccc1OCc1ccccc1. The summed E-state index contributed by atoms with van der Waals surface area (Å²) in [5.41, 5.74) is 3.72. The normalized spacial score (nSPS) is 17.6. The summed E-state index contributed by atoms with van der Waals surface area (Å²) in [6.45, 7) is 0.493. The molecular weight excluding hydrogens is 418 g/mol. The third-order valence-corrected chi connectivity index (χ3v) is 5.96. The van der Waals surface area contributed by atoms with Crippen molar-refractivity contribution < 1.29 is 23.8 Å². The number of benzene rings is 3. The maximum Gasteiger partial charge on any atom is 0.336 e. The molecule has 1 amide bonds. The van der Waals surface area contributed by atoms with Gasteiger partial charge in [0.1, 0.15) is 13.2 Å². The van der Waals surface area contributed by atoms with Gasteiger partial charge in [0.05, 0.1) is 18.4 Å². The summed E-state index contributed by atoms with van der Waals surface area (Å²) >= 11 is 0. The average molecular weight is 441 g/mol. The minimum Gasteiger partial charge on any atom is -0.493 e. The zero-order chi connectivity index (χ0) is 22.8. The third-order valence-electron chi connectivity index (χ3n) is 5.96. The van der Waals surface area contributed by atoms with Gasteiger partial charge in [-0.1, -0.05) is 54.6 Å². The molecule has 6 nitrogen and oxygen atoms in total. The molecular formula is C27H23NO5. The van der Waals surface area contributed by atoms with Gasteiger partial charge in [0.2, 0.25) is 5.91 Å². The summed E-state index contributed by atoms with van der Waals surface area (Å²) in [6.07, 6.45) is 0.163. The Labute approximate surface area is 192 Å². The van der Waals surface area contributed by atoms with Crippen molar-refractivity contribution in [2.45, 2.75) is 18.9 Å². The number of ether oxygens (including phenoxy) is 3. The lowest BCUT2D eigenvalue weighted by Gasteiger charge is -2.32. The first-order chi connectivity index (χ1) is 16.2. The van der Waals surface area contributed by atoms with E-state index < -0.39 is 5.92 Å². The number of para-hydroxylation sites is 1. The summed E-state index contributed by atoms with van der Waals surface area (Å²) in [7, 11) is 1.58. The van der Waals surface area contributed by atoms with E-state index in [1.165, 1.54) is 0 Å².